The minimum absolute atomic E-state index is 0.176. The van der Waals surface area contributed by atoms with E-state index in [4.69, 9.17) is 9.47 Å². The minimum atomic E-state index is -1.14. The first kappa shape index (κ1) is 32.8. The van der Waals surface area contributed by atoms with Gasteiger partial charge in [0, 0.05) is 5.75 Å². The van der Waals surface area contributed by atoms with Gasteiger partial charge in [0.15, 0.2) is 18.2 Å². The molecule has 9 heteroatoms. The van der Waals surface area contributed by atoms with E-state index in [0.29, 0.717) is 11.3 Å². The summed E-state index contributed by atoms with van der Waals surface area (Å²) in [6.07, 6.45) is -1.21. The van der Waals surface area contributed by atoms with E-state index in [1.165, 1.54) is 16.7 Å². The molecule has 244 valence electrons. The first-order chi connectivity index (χ1) is 23.4. The van der Waals surface area contributed by atoms with Crippen molar-refractivity contribution in [1.82, 2.24) is 10.2 Å². The zero-order valence-corrected chi connectivity index (χ0v) is 27.3. The van der Waals surface area contributed by atoms with Crippen molar-refractivity contribution in [1.29, 1.82) is 0 Å². The third kappa shape index (κ3) is 6.78. The van der Waals surface area contributed by atoms with E-state index < -0.39 is 59.3 Å². The Morgan fingerprint density at radius 1 is 0.771 bits per heavy atom. The Morgan fingerprint density at radius 2 is 1.21 bits per heavy atom. The van der Waals surface area contributed by atoms with Crippen LogP contribution in [-0.4, -0.2) is 51.9 Å². The molecule has 4 aromatic carbocycles. The number of β-lactam (4-membered cyclic amide) rings is 1. The van der Waals surface area contributed by atoms with Crippen molar-refractivity contribution < 1.29 is 28.7 Å². The highest BCUT2D eigenvalue weighted by molar-refractivity contribution is 8.00. The Hall–Kier alpha value is -5.15. The number of fused-ring (bicyclic) bond motifs is 1. The number of thioether (sulfide) groups is 1. The molecule has 4 atom stereocenters. The largest absolute Gasteiger partial charge is 0.452 e. The Bertz CT molecular complexity index is 1690. The quantitative estimate of drug-likeness (QED) is 0.0911. The Labute approximate surface area is 284 Å². The van der Waals surface area contributed by atoms with Gasteiger partial charge in [0.25, 0.3) is 0 Å². The van der Waals surface area contributed by atoms with Gasteiger partial charge in [-0.2, -0.15) is 0 Å². The van der Waals surface area contributed by atoms with E-state index >= 15 is 0 Å². The molecule has 2 heterocycles. The second-order valence-corrected chi connectivity index (χ2v) is 12.8. The summed E-state index contributed by atoms with van der Waals surface area (Å²) in [6, 6.07) is 35.6. The molecule has 2 aliphatic heterocycles. The maximum Gasteiger partial charge on any atom is 0.334 e. The maximum absolute atomic E-state index is 13.8. The molecular weight excluding hydrogens is 625 g/mol. The summed E-state index contributed by atoms with van der Waals surface area (Å²) >= 11 is 1.41. The molecule has 48 heavy (non-hydrogen) atoms. The van der Waals surface area contributed by atoms with Gasteiger partial charge in [-0.3, -0.25) is 14.4 Å². The predicted molar refractivity (Wildman–Crippen MR) is 183 cm³/mol. The minimum Gasteiger partial charge on any atom is -0.452 e. The van der Waals surface area contributed by atoms with Gasteiger partial charge >= 0.3 is 11.9 Å². The van der Waals surface area contributed by atoms with Crippen molar-refractivity contribution in [2.45, 2.75) is 43.0 Å². The van der Waals surface area contributed by atoms with Gasteiger partial charge < -0.3 is 19.7 Å². The second-order valence-electron chi connectivity index (χ2n) is 11.7. The standard InChI is InChI=1S/C39H36N2O6S/c1-3-30(38(44)46-33(26-16-8-4-9-17-26)27-18-10-5-11-19-27)35(42)40-31-36(43)41-32(25(2)24-48-37(31)41)39(45)47-34(28-20-12-6-13-21-28)29-22-14-7-15-23-29/h4-23,30-34,37H,2-3,24H2,1H3,(H,40,42)/t30?,31?,32?,37-/m1/s1. The average molecular weight is 661 g/mol. The van der Waals surface area contributed by atoms with Crippen LogP contribution in [0.3, 0.4) is 0 Å². The van der Waals surface area contributed by atoms with E-state index in [9.17, 15) is 19.2 Å². The number of carbonyl (C=O) groups is 4. The predicted octanol–water partition coefficient (Wildman–Crippen LogP) is 6.00. The van der Waals surface area contributed by atoms with E-state index in [-0.39, 0.29) is 6.42 Å². The van der Waals surface area contributed by atoms with Crippen molar-refractivity contribution in [3.8, 4) is 0 Å². The number of nitrogens with one attached hydrogen (secondary N) is 1. The van der Waals surface area contributed by atoms with Crippen LogP contribution in [0.5, 0.6) is 0 Å². The molecule has 3 unspecified atom stereocenters. The highest BCUT2D eigenvalue weighted by Gasteiger charge is 2.57. The Morgan fingerprint density at radius 3 is 1.65 bits per heavy atom. The number of amides is 2. The first-order valence-electron chi connectivity index (χ1n) is 15.9. The molecule has 2 fully saturated rings. The van der Waals surface area contributed by atoms with Gasteiger partial charge in [0.1, 0.15) is 17.3 Å². The molecule has 0 radical (unpaired) electrons. The smallest absolute Gasteiger partial charge is 0.334 e. The molecule has 0 saturated carbocycles. The topological polar surface area (TPSA) is 102 Å². The van der Waals surface area contributed by atoms with Crippen LogP contribution in [0.4, 0.5) is 0 Å². The van der Waals surface area contributed by atoms with Crippen molar-refractivity contribution in [2.24, 2.45) is 5.92 Å². The van der Waals surface area contributed by atoms with E-state index in [2.05, 4.69) is 11.9 Å². The van der Waals surface area contributed by atoms with Crippen LogP contribution in [0.2, 0.25) is 0 Å². The van der Waals surface area contributed by atoms with Crippen molar-refractivity contribution in [3.05, 3.63) is 156 Å². The van der Waals surface area contributed by atoms with Crippen molar-refractivity contribution in [2.75, 3.05) is 5.75 Å². The highest BCUT2D eigenvalue weighted by atomic mass is 32.2. The number of carbonyl (C=O) groups excluding carboxylic acids is 4. The van der Waals surface area contributed by atoms with Crippen molar-refractivity contribution in [3.63, 3.8) is 0 Å². The van der Waals surface area contributed by atoms with Gasteiger partial charge in [-0.05, 0) is 34.2 Å². The molecule has 1 N–H and O–H groups in total. The molecule has 0 aromatic heterocycles. The van der Waals surface area contributed by atoms with Crippen LogP contribution in [0.1, 0.15) is 47.8 Å². The lowest BCUT2D eigenvalue weighted by atomic mass is 9.96. The lowest BCUT2D eigenvalue weighted by molar-refractivity contribution is -0.166. The number of benzene rings is 4. The summed E-state index contributed by atoms with van der Waals surface area (Å²) in [5.41, 5.74) is 3.68. The molecule has 2 amide bonds. The number of rotatable bonds is 11. The van der Waals surface area contributed by atoms with Crippen LogP contribution in [0.25, 0.3) is 0 Å². The van der Waals surface area contributed by atoms with Gasteiger partial charge in [0.05, 0.1) is 0 Å². The van der Waals surface area contributed by atoms with E-state index in [1.54, 1.807) is 6.92 Å². The summed E-state index contributed by atoms with van der Waals surface area (Å²) < 4.78 is 12.1. The van der Waals surface area contributed by atoms with Gasteiger partial charge in [-0.1, -0.05) is 135 Å². The SMILES string of the molecule is C=C1CS[C@@H]2C(NC(=O)C(CC)C(=O)OC(c3ccccc3)c3ccccc3)C(=O)N2C1C(=O)OC(c1ccccc1)c1ccccc1. The van der Waals surface area contributed by atoms with Gasteiger partial charge in [-0.15, -0.1) is 11.8 Å². The van der Waals surface area contributed by atoms with E-state index in [1.807, 2.05) is 121 Å². The van der Waals surface area contributed by atoms with Crippen LogP contribution >= 0.6 is 11.8 Å². The molecule has 2 aliphatic rings. The second kappa shape index (κ2) is 14.7. The third-order valence-corrected chi connectivity index (χ3v) is 9.97. The van der Waals surface area contributed by atoms with Gasteiger partial charge in [-0.25, -0.2) is 4.79 Å². The fourth-order valence-corrected chi connectivity index (χ4v) is 7.38. The molecule has 0 aliphatic carbocycles. The van der Waals surface area contributed by atoms with Crippen LogP contribution in [0, 0.1) is 5.92 Å². The number of hydrogen-bond acceptors (Lipinski definition) is 7. The van der Waals surface area contributed by atoms with Crippen LogP contribution < -0.4 is 5.32 Å². The highest BCUT2D eigenvalue weighted by Crippen LogP contribution is 2.41. The third-order valence-electron chi connectivity index (χ3n) is 8.59. The maximum atomic E-state index is 13.8. The Kier molecular flexibility index (Phi) is 10.1. The first-order valence-corrected chi connectivity index (χ1v) is 16.9. The number of nitrogens with zero attached hydrogens (tertiary/aromatic N) is 1. The molecule has 6 rings (SSSR count). The lowest BCUT2D eigenvalue weighted by Gasteiger charge is -2.53. The fourth-order valence-electron chi connectivity index (χ4n) is 6.08. The number of esters is 2. The summed E-state index contributed by atoms with van der Waals surface area (Å²) in [7, 11) is 0. The molecule has 0 spiro atoms. The number of hydrogen-bond donors (Lipinski definition) is 1. The average Bonchev–Trinajstić information content (AvgIpc) is 3.13. The Balaban J connectivity index is 1.15. The summed E-state index contributed by atoms with van der Waals surface area (Å²) in [4.78, 5) is 55.8. The monoisotopic (exact) mass is 660 g/mol. The summed E-state index contributed by atoms with van der Waals surface area (Å²) in [6.45, 7) is 5.81. The summed E-state index contributed by atoms with van der Waals surface area (Å²) in [5, 5.41) is 2.26. The normalized spacial score (nSPS) is 19.2. The van der Waals surface area contributed by atoms with Crippen LogP contribution in [0.15, 0.2) is 133 Å². The molecular formula is C39H36N2O6S. The van der Waals surface area contributed by atoms with E-state index in [0.717, 1.165) is 22.3 Å². The zero-order chi connectivity index (χ0) is 33.6. The molecule has 4 aromatic rings. The molecule has 8 nitrogen and oxygen atoms in total. The zero-order valence-electron chi connectivity index (χ0n) is 26.4. The number of ether oxygens (including phenoxy) is 2. The molecule has 0 bridgehead atoms. The molecule has 2 saturated heterocycles. The fraction of sp³-hybridized carbons (Fsp3) is 0.231. The lowest BCUT2D eigenvalue weighted by Crippen LogP contribution is -2.75. The summed E-state index contributed by atoms with van der Waals surface area (Å²) in [5.74, 6) is -3.05. The van der Waals surface area contributed by atoms with Crippen molar-refractivity contribution >= 4 is 35.5 Å². The van der Waals surface area contributed by atoms with Crippen LogP contribution in [-0.2, 0) is 28.7 Å². The van der Waals surface area contributed by atoms with Gasteiger partial charge in [0.2, 0.25) is 11.8 Å².